The number of nitrogens with one attached hydrogen (secondary N) is 1. The van der Waals surface area contributed by atoms with Crippen LogP contribution in [0.5, 0.6) is 0 Å². The van der Waals surface area contributed by atoms with E-state index in [1.807, 2.05) is 0 Å². The van der Waals surface area contributed by atoms with Crippen LogP contribution in [0.25, 0.3) is 0 Å². The number of nitrogens with zero attached hydrogens (tertiary/aromatic N) is 2. The summed E-state index contributed by atoms with van der Waals surface area (Å²) < 4.78 is 0. The van der Waals surface area contributed by atoms with E-state index in [1.54, 1.807) is 0 Å². The van der Waals surface area contributed by atoms with Crippen molar-refractivity contribution in [3.05, 3.63) is 17.0 Å². The maximum Gasteiger partial charge on any atom is 0.0639 e. The molecule has 0 amide bonds. The largest absolute Gasteiger partial charge is 0.326 e. The van der Waals surface area contributed by atoms with Gasteiger partial charge in [0.1, 0.15) is 0 Å². The highest BCUT2D eigenvalue weighted by Crippen LogP contribution is 2.19. The van der Waals surface area contributed by atoms with Gasteiger partial charge in [0.05, 0.1) is 5.69 Å². The van der Waals surface area contributed by atoms with Gasteiger partial charge in [0.2, 0.25) is 0 Å². The molecule has 2 rings (SSSR count). The summed E-state index contributed by atoms with van der Waals surface area (Å²) in [5.74, 6) is 0.609. The van der Waals surface area contributed by atoms with Crippen molar-refractivity contribution >= 4 is 0 Å². The van der Waals surface area contributed by atoms with Crippen molar-refractivity contribution in [3.8, 4) is 0 Å². The first kappa shape index (κ1) is 10.6. The summed E-state index contributed by atoms with van der Waals surface area (Å²) in [4.78, 5) is 2.42. The Labute approximate surface area is 90.8 Å². The van der Waals surface area contributed by atoms with Crippen LogP contribution in [0.3, 0.4) is 0 Å². The van der Waals surface area contributed by atoms with Crippen LogP contribution in [0.2, 0.25) is 0 Å². The van der Waals surface area contributed by atoms with Gasteiger partial charge in [0.25, 0.3) is 0 Å². The molecule has 15 heavy (non-hydrogen) atoms. The van der Waals surface area contributed by atoms with Crippen LogP contribution >= 0.6 is 0 Å². The fraction of sp³-hybridized carbons (Fsp3) is 0.727. The van der Waals surface area contributed by atoms with E-state index >= 15 is 0 Å². The lowest BCUT2D eigenvalue weighted by Crippen LogP contribution is -2.28. The summed E-state index contributed by atoms with van der Waals surface area (Å²) in [5, 5.41) is 7.24. The number of aromatic nitrogens is 2. The highest BCUT2D eigenvalue weighted by atomic mass is 15.2. The lowest BCUT2D eigenvalue weighted by molar-refractivity contribution is 0.317. The smallest absolute Gasteiger partial charge is 0.0639 e. The van der Waals surface area contributed by atoms with E-state index in [2.05, 4.69) is 35.9 Å². The second-order valence-electron chi connectivity index (χ2n) is 4.75. The summed E-state index contributed by atoms with van der Waals surface area (Å²) in [6.45, 7) is 9.44. The van der Waals surface area contributed by atoms with Crippen molar-refractivity contribution in [1.82, 2.24) is 15.1 Å². The minimum Gasteiger partial charge on any atom is -0.326 e. The van der Waals surface area contributed by atoms with Crippen molar-refractivity contribution in [1.29, 1.82) is 0 Å². The van der Waals surface area contributed by atoms with Crippen LogP contribution in [0, 0.1) is 19.8 Å². The van der Waals surface area contributed by atoms with E-state index in [1.165, 1.54) is 11.3 Å². The zero-order valence-electron chi connectivity index (χ0n) is 9.75. The Bertz CT molecular complexity index is 315. The number of hydrogen-bond acceptors (Lipinski definition) is 3. The minimum atomic E-state index is 0.331. The van der Waals surface area contributed by atoms with E-state index in [0.717, 1.165) is 25.3 Å². The molecule has 0 bridgehead atoms. The van der Waals surface area contributed by atoms with Crippen molar-refractivity contribution in [3.63, 3.8) is 0 Å². The van der Waals surface area contributed by atoms with E-state index in [4.69, 9.17) is 5.73 Å². The van der Waals surface area contributed by atoms with Gasteiger partial charge in [-0.2, -0.15) is 5.10 Å². The van der Waals surface area contributed by atoms with Crippen molar-refractivity contribution in [2.75, 3.05) is 13.1 Å². The van der Waals surface area contributed by atoms with Crippen molar-refractivity contribution in [2.24, 2.45) is 11.7 Å². The Hall–Kier alpha value is -0.870. The van der Waals surface area contributed by atoms with Crippen LogP contribution in [0.4, 0.5) is 0 Å². The van der Waals surface area contributed by atoms with Crippen LogP contribution in [0.1, 0.15) is 23.9 Å². The highest BCUT2D eigenvalue weighted by Gasteiger charge is 2.27. The molecule has 1 aromatic heterocycles. The molecule has 2 heterocycles. The molecule has 1 aliphatic rings. The molecule has 1 saturated heterocycles. The van der Waals surface area contributed by atoms with Gasteiger partial charge in [-0.1, -0.05) is 6.92 Å². The minimum absolute atomic E-state index is 0.331. The second kappa shape index (κ2) is 3.94. The molecular formula is C11H20N4. The Morgan fingerprint density at radius 1 is 1.47 bits per heavy atom. The average molecular weight is 208 g/mol. The molecule has 0 radical (unpaired) electrons. The summed E-state index contributed by atoms with van der Waals surface area (Å²) in [5.41, 5.74) is 9.63. The number of likely N-dealkylation sites (tertiary alicyclic amines) is 1. The maximum absolute atomic E-state index is 6.01. The number of hydrogen-bond donors (Lipinski definition) is 2. The first-order valence-electron chi connectivity index (χ1n) is 5.56. The molecule has 84 valence electrons. The average Bonchev–Trinajstić information content (AvgIpc) is 2.64. The van der Waals surface area contributed by atoms with Crippen LogP contribution in [0.15, 0.2) is 0 Å². The van der Waals surface area contributed by atoms with Gasteiger partial charge >= 0.3 is 0 Å². The Kier molecular flexibility index (Phi) is 2.80. The Morgan fingerprint density at radius 2 is 2.20 bits per heavy atom. The van der Waals surface area contributed by atoms with Crippen molar-refractivity contribution in [2.45, 2.75) is 33.4 Å². The molecule has 0 spiro atoms. The lowest BCUT2D eigenvalue weighted by atomic mass is 10.1. The van der Waals surface area contributed by atoms with Crippen LogP contribution in [-0.2, 0) is 6.54 Å². The van der Waals surface area contributed by atoms with E-state index < -0.39 is 0 Å². The highest BCUT2D eigenvalue weighted by molar-refractivity contribution is 5.23. The fourth-order valence-electron chi connectivity index (χ4n) is 2.26. The topological polar surface area (TPSA) is 57.9 Å². The van der Waals surface area contributed by atoms with Gasteiger partial charge in [-0.05, 0) is 19.8 Å². The number of H-pyrrole nitrogens is 1. The zero-order valence-corrected chi connectivity index (χ0v) is 9.75. The first-order chi connectivity index (χ1) is 7.08. The third kappa shape index (κ3) is 2.06. The Morgan fingerprint density at radius 3 is 2.67 bits per heavy atom. The van der Waals surface area contributed by atoms with Crippen LogP contribution < -0.4 is 5.73 Å². The number of aromatic amines is 1. The van der Waals surface area contributed by atoms with Gasteiger partial charge in [-0.25, -0.2) is 0 Å². The Balaban J connectivity index is 2.04. The third-order valence-corrected chi connectivity index (χ3v) is 3.41. The molecule has 3 N–H and O–H groups in total. The third-order valence-electron chi connectivity index (χ3n) is 3.41. The normalized spacial score (nSPS) is 27.5. The van der Waals surface area contributed by atoms with Gasteiger partial charge in [0, 0.05) is 36.9 Å². The second-order valence-corrected chi connectivity index (χ2v) is 4.75. The van der Waals surface area contributed by atoms with Gasteiger partial charge in [-0.15, -0.1) is 0 Å². The summed E-state index contributed by atoms with van der Waals surface area (Å²) >= 11 is 0. The molecule has 2 atom stereocenters. The quantitative estimate of drug-likeness (QED) is 0.756. The lowest BCUT2D eigenvalue weighted by Gasteiger charge is -2.15. The molecule has 2 unspecified atom stereocenters. The summed E-state index contributed by atoms with van der Waals surface area (Å²) in [6, 6.07) is 0.331. The van der Waals surface area contributed by atoms with Gasteiger partial charge in [-0.3, -0.25) is 10.00 Å². The number of nitrogens with two attached hydrogens (primary N) is 1. The standard InChI is InChI=1S/C11H20N4/c1-7-4-15(6-11(7)12)5-10-8(2)13-14-9(10)3/h7,11H,4-6,12H2,1-3H3,(H,13,14). The molecule has 0 saturated carbocycles. The molecule has 0 aromatic carbocycles. The molecule has 1 aliphatic heterocycles. The maximum atomic E-state index is 6.01. The molecule has 4 nitrogen and oxygen atoms in total. The molecule has 1 aromatic rings. The first-order valence-corrected chi connectivity index (χ1v) is 5.56. The van der Waals surface area contributed by atoms with Crippen LogP contribution in [-0.4, -0.2) is 34.2 Å². The predicted molar refractivity (Wildman–Crippen MR) is 60.5 cm³/mol. The number of rotatable bonds is 2. The van der Waals surface area contributed by atoms with Gasteiger partial charge < -0.3 is 5.73 Å². The molecule has 1 fully saturated rings. The van der Waals surface area contributed by atoms with E-state index in [0.29, 0.717) is 12.0 Å². The molecule has 4 heteroatoms. The van der Waals surface area contributed by atoms with Crippen molar-refractivity contribution < 1.29 is 0 Å². The predicted octanol–water partition coefficient (Wildman–Crippen LogP) is 0.806. The SMILES string of the molecule is Cc1n[nH]c(C)c1CN1CC(C)C(N)C1. The fourth-order valence-corrected chi connectivity index (χ4v) is 2.26. The molecular weight excluding hydrogens is 188 g/mol. The van der Waals surface area contributed by atoms with E-state index in [9.17, 15) is 0 Å². The number of aryl methyl sites for hydroxylation is 2. The zero-order chi connectivity index (χ0) is 11.0. The summed E-state index contributed by atoms with van der Waals surface area (Å²) in [7, 11) is 0. The monoisotopic (exact) mass is 208 g/mol. The molecule has 0 aliphatic carbocycles. The van der Waals surface area contributed by atoms with E-state index in [-0.39, 0.29) is 0 Å². The summed E-state index contributed by atoms with van der Waals surface area (Å²) in [6.07, 6.45) is 0. The van der Waals surface area contributed by atoms with Gasteiger partial charge in [0.15, 0.2) is 0 Å².